The Morgan fingerprint density at radius 2 is 1.63 bits per heavy atom. The maximum atomic E-state index is 14.2. The van der Waals surface area contributed by atoms with Crippen molar-refractivity contribution in [3.05, 3.63) is 84.4 Å². The number of alkyl carbamates (subject to hydrolysis) is 1. The average molecular weight is 679 g/mol. The molecule has 0 aliphatic heterocycles. The minimum atomic E-state index is -1.25. The summed E-state index contributed by atoms with van der Waals surface area (Å²) < 4.78 is 5.27. The van der Waals surface area contributed by atoms with E-state index in [1.54, 1.807) is 36.5 Å². The number of hydrogen-bond acceptors (Lipinski definition) is 8. The van der Waals surface area contributed by atoms with E-state index in [4.69, 9.17) is 4.74 Å². The molecule has 2 aromatic carbocycles. The van der Waals surface area contributed by atoms with E-state index in [2.05, 4.69) is 25.9 Å². The van der Waals surface area contributed by atoms with Crippen LogP contribution in [0, 0.1) is 11.8 Å². The summed E-state index contributed by atoms with van der Waals surface area (Å²) in [6.45, 7) is 7.06. The van der Waals surface area contributed by atoms with Crippen LogP contribution in [0.4, 0.5) is 10.5 Å². The molecular weight excluding hydrogens is 628 g/mol. The van der Waals surface area contributed by atoms with Gasteiger partial charge in [0.05, 0.1) is 37.5 Å². The molecule has 3 aromatic rings. The predicted molar refractivity (Wildman–Crippen MR) is 185 cm³/mol. The summed E-state index contributed by atoms with van der Waals surface area (Å²) in [6, 6.07) is 15.3. The van der Waals surface area contributed by atoms with Crippen molar-refractivity contribution in [1.29, 1.82) is 0 Å². The van der Waals surface area contributed by atoms with Gasteiger partial charge in [-0.1, -0.05) is 82.6 Å². The monoisotopic (exact) mass is 678 g/mol. The lowest BCUT2D eigenvalue weighted by atomic mass is 9.95. The van der Waals surface area contributed by atoms with E-state index in [-0.39, 0.29) is 37.9 Å². The summed E-state index contributed by atoms with van der Waals surface area (Å²) in [5, 5.41) is 29.2. The summed E-state index contributed by atoms with van der Waals surface area (Å²) in [4.78, 5) is 61.9. The van der Waals surface area contributed by atoms with Crippen LogP contribution >= 0.6 is 0 Å². The van der Waals surface area contributed by atoms with Crippen molar-refractivity contribution in [2.24, 2.45) is 11.8 Å². The molecule has 0 aliphatic rings. The Morgan fingerprint density at radius 3 is 2.22 bits per heavy atom. The fourth-order valence-corrected chi connectivity index (χ4v) is 5.35. The van der Waals surface area contributed by atoms with Crippen molar-refractivity contribution in [2.75, 3.05) is 18.1 Å². The maximum absolute atomic E-state index is 14.2. The van der Waals surface area contributed by atoms with E-state index >= 15 is 0 Å². The molecule has 0 radical (unpaired) electrons. The summed E-state index contributed by atoms with van der Waals surface area (Å²) in [5.41, 5.74) is 1.77. The Hall–Kier alpha value is -4.75. The first-order valence-electron chi connectivity index (χ1n) is 16.7. The summed E-state index contributed by atoms with van der Waals surface area (Å²) in [6.07, 6.45) is 1.79. The number of aromatic amines is 1. The van der Waals surface area contributed by atoms with Gasteiger partial charge >= 0.3 is 6.09 Å². The number of amides is 4. The first-order valence-corrected chi connectivity index (χ1v) is 16.7. The minimum Gasteiger partial charge on any atom is -0.445 e. The molecule has 5 atom stereocenters. The normalized spacial score (nSPS) is 14.2. The van der Waals surface area contributed by atoms with Crippen molar-refractivity contribution in [2.45, 2.75) is 84.2 Å². The number of ether oxygens (including phenoxy) is 1. The number of imidazole rings is 1. The standard InChI is InChI=1S/C36H50N6O7/c1-5-25(4)30(21-43)40-33(45)18-32(44)29(16-24(2)3)41-35(47)31(17-27-19-37-23-39-27)42(28-14-10-7-11-15-28)34(46)20-38-36(48)49-22-26-12-8-6-9-13-26/h6-15,19,23-25,29-32,43-44H,5,16-18,20-22H2,1-4H3,(H,37,39)(H,38,48)(H,40,45)(H,41,47)/t25-,29-,30+,31-,32-/m0/s1. The van der Waals surface area contributed by atoms with Crippen LogP contribution in [-0.2, 0) is 32.1 Å². The van der Waals surface area contributed by atoms with Crippen molar-refractivity contribution in [1.82, 2.24) is 25.9 Å². The Bertz CT molecular complexity index is 1440. The summed E-state index contributed by atoms with van der Waals surface area (Å²) in [7, 11) is 0. The number of aliphatic hydroxyl groups is 2. The molecule has 13 nitrogen and oxygen atoms in total. The molecule has 0 saturated heterocycles. The molecule has 0 spiro atoms. The van der Waals surface area contributed by atoms with Gasteiger partial charge in [-0.15, -0.1) is 0 Å². The van der Waals surface area contributed by atoms with Gasteiger partial charge in [-0.25, -0.2) is 9.78 Å². The van der Waals surface area contributed by atoms with Crippen LogP contribution in [0.25, 0.3) is 0 Å². The Morgan fingerprint density at radius 1 is 0.959 bits per heavy atom. The molecule has 1 aromatic heterocycles. The van der Waals surface area contributed by atoms with Crippen LogP contribution in [0.5, 0.6) is 0 Å². The smallest absolute Gasteiger partial charge is 0.407 e. The quantitative estimate of drug-likeness (QED) is 0.112. The molecule has 0 unspecified atom stereocenters. The lowest BCUT2D eigenvalue weighted by Gasteiger charge is -2.34. The number of aliphatic hydroxyl groups excluding tert-OH is 2. The molecule has 266 valence electrons. The van der Waals surface area contributed by atoms with E-state index in [1.165, 1.54) is 11.2 Å². The lowest BCUT2D eigenvalue weighted by Crippen LogP contribution is -2.57. The number of carbonyl (C=O) groups excluding carboxylic acids is 4. The van der Waals surface area contributed by atoms with E-state index in [0.717, 1.165) is 12.0 Å². The van der Waals surface area contributed by atoms with Gasteiger partial charge in [0, 0.05) is 24.0 Å². The summed E-state index contributed by atoms with van der Waals surface area (Å²) in [5.74, 6) is -1.53. The van der Waals surface area contributed by atoms with Gasteiger partial charge in [0.15, 0.2) is 0 Å². The molecule has 0 saturated carbocycles. The van der Waals surface area contributed by atoms with Gasteiger partial charge in [0.25, 0.3) is 0 Å². The maximum Gasteiger partial charge on any atom is 0.407 e. The fraction of sp³-hybridized carbons (Fsp3) is 0.472. The van der Waals surface area contributed by atoms with Crippen molar-refractivity contribution in [3.63, 3.8) is 0 Å². The highest BCUT2D eigenvalue weighted by molar-refractivity contribution is 6.02. The molecule has 49 heavy (non-hydrogen) atoms. The number of anilines is 1. The molecule has 6 N–H and O–H groups in total. The van der Waals surface area contributed by atoms with Crippen LogP contribution in [0.15, 0.2) is 73.2 Å². The SMILES string of the molecule is CC[C@H](C)[C@@H](CO)NC(=O)C[C@H](O)[C@H](CC(C)C)NC(=O)[C@H](Cc1cnc[nH]1)N(C(=O)CNC(=O)OCc1ccccc1)c1ccccc1. The number of nitrogens with one attached hydrogen (secondary N) is 4. The highest BCUT2D eigenvalue weighted by Gasteiger charge is 2.35. The first-order chi connectivity index (χ1) is 23.5. The number of carbonyl (C=O) groups is 4. The van der Waals surface area contributed by atoms with Gasteiger partial charge in [0.1, 0.15) is 19.2 Å². The topological polar surface area (TPSA) is 186 Å². The molecule has 0 fully saturated rings. The number of aromatic nitrogens is 2. The molecule has 3 rings (SSSR count). The van der Waals surface area contributed by atoms with Crippen molar-refractivity contribution < 1.29 is 34.1 Å². The number of H-pyrrole nitrogens is 1. The predicted octanol–water partition coefficient (Wildman–Crippen LogP) is 3.09. The van der Waals surface area contributed by atoms with Crippen LogP contribution in [0.1, 0.15) is 58.2 Å². The zero-order valence-electron chi connectivity index (χ0n) is 28.7. The van der Waals surface area contributed by atoms with Crippen LogP contribution in [0.3, 0.4) is 0 Å². The largest absolute Gasteiger partial charge is 0.445 e. The Balaban J connectivity index is 1.83. The van der Waals surface area contributed by atoms with Gasteiger partial charge < -0.3 is 35.9 Å². The molecule has 1 heterocycles. The highest BCUT2D eigenvalue weighted by Crippen LogP contribution is 2.21. The Labute approximate surface area is 287 Å². The fourth-order valence-electron chi connectivity index (χ4n) is 5.35. The van der Waals surface area contributed by atoms with E-state index < -0.39 is 54.6 Å². The van der Waals surface area contributed by atoms with Crippen molar-refractivity contribution in [3.8, 4) is 0 Å². The van der Waals surface area contributed by atoms with Gasteiger partial charge in [-0.3, -0.25) is 19.3 Å². The van der Waals surface area contributed by atoms with E-state index in [1.807, 2.05) is 58.0 Å². The lowest BCUT2D eigenvalue weighted by molar-refractivity contribution is -0.129. The molecule has 0 bridgehead atoms. The summed E-state index contributed by atoms with van der Waals surface area (Å²) >= 11 is 0. The third-order valence-corrected chi connectivity index (χ3v) is 8.27. The third kappa shape index (κ3) is 12.7. The Kier molecular flexibility index (Phi) is 15.7. The van der Waals surface area contributed by atoms with Crippen molar-refractivity contribution >= 4 is 29.5 Å². The van der Waals surface area contributed by atoms with Gasteiger partial charge in [-0.05, 0) is 36.0 Å². The van der Waals surface area contributed by atoms with E-state index in [9.17, 15) is 29.4 Å². The third-order valence-electron chi connectivity index (χ3n) is 8.27. The highest BCUT2D eigenvalue weighted by atomic mass is 16.5. The molecule has 0 aliphatic carbocycles. The van der Waals surface area contributed by atoms with Gasteiger partial charge in [0.2, 0.25) is 17.7 Å². The van der Waals surface area contributed by atoms with Gasteiger partial charge in [-0.2, -0.15) is 0 Å². The molecular formula is C36H50N6O7. The first kappa shape index (κ1) is 38.7. The molecule has 13 heteroatoms. The number of nitrogens with zero attached hydrogens (tertiary/aromatic N) is 2. The zero-order chi connectivity index (χ0) is 35.8. The van der Waals surface area contributed by atoms with Crippen LogP contribution in [-0.4, -0.2) is 81.4 Å². The second-order valence-electron chi connectivity index (χ2n) is 12.6. The second kappa shape index (κ2) is 19.9. The number of rotatable bonds is 19. The number of para-hydroxylation sites is 1. The average Bonchev–Trinajstić information content (AvgIpc) is 3.62. The minimum absolute atomic E-state index is 0.0179. The second-order valence-corrected chi connectivity index (χ2v) is 12.6. The van der Waals surface area contributed by atoms with Crippen LogP contribution in [0.2, 0.25) is 0 Å². The number of benzene rings is 2. The zero-order valence-corrected chi connectivity index (χ0v) is 28.7. The van der Waals surface area contributed by atoms with E-state index in [0.29, 0.717) is 17.8 Å². The van der Waals surface area contributed by atoms with Crippen LogP contribution < -0.4 is 20.9 Å². The molecule has 4 amide bonds. The number of hydrogen-bond donors (Lipinski definition) is 6.